The summed E-state index contributed by atoms with van der Waals surface area (Å²) in [5.41, 5.74) is 3.53. The molecule has 0 aliphatic carbocycles. The van der Waals surface area contributed by atoms with E-state index < -0.39 is 0 Å². The SMILES string of the molecule is C=CC(=O)Nc1cc2c(Nc3ccc(OCc4cccc(F)c4)c(Cl)c3)ncnc2cc1N(C)CCN(C)C. The van der Waals surface area contributed by atoms with Gasteiger partial charge in [0.15, 0.2) is 0 Å². The van der Waals surface area contributed by atoms with Gasteiger partial charge in [0.25, 0.3) is 0 Å². The summed E-state index contributed by atoms with van der Waals surface area (Å²) < 4.78 is 19.2. The van der Waals surface area contributed by atoms with Gasteiger partial charge in [0.05, 0.1) is 21.9 Å². The molecule has 8 nitrogen and oxygen atoms in total. The van der Waals surface area contributed by atoms with E-state index in [4.69, 9.17) is 16.3 Å². The minimum Gasteiger partial charge on any atom is -0.487 e. The topological polar surface area (TPSA) is 82.6 Å². The Balaban J connectivity index is 1.60. The number of benzene rings is 3. The van der Waals surface area contributed by atoms with Gasteiger partial charge < -0.3 is 25.2 Å². The van der Waals surface area contributed by atoms with Gasteiger partial charge >= 0.3 is 0 Å². The third-order valence-electron chi connectivity index (χ3n) is 5.97. The number of anilines is 4. The summed E-state index contributed by atoms with van der Waals surface area (Å²) >= 11 is 6.48. The van der Waals surface area contributed by atoms with Gasteiger partial charge in [0, 0.05) is 31.2 Å². The van der Waals surface area contributed by atoms with Gasteiger partial charge in [-0.25, -0.2) is 14.4 Å². The normalized spacial score (nSPS) is 10.9. The van der Waals surface area contributed by atoms with Crippen LogP contribution in [0.15, 0.2) is 73.6 Å². The Morgan fingerprint density at radius 2 is 1.92 bits per heavy atom. The minimum absolute atomic E-state index is 0.186. The van der Waals surface area contributed by atoms with Gasteiger partial charge in [-0.05, 0) is 68.2 Å². The zero-order valence-corrected chi connectivity index (χ0v) is 22.8. The molecule has 4 rings (SSSR count). The number of fused-ring (bicyclic) bond motifs is 1. The molecule has 3 aromatic carbocycles. The average Bonchev–Trinajstić information content (AvgIpc) is 2.91. The van der Waals surface area contributed by atoms with Crippen molar-refractivity contribution in [3.63, 3.8) is 0 Å². The monoisotopic (exact) mass is 548 g/mol. The molecule has 4 aromatic rings. The van der Waals surface area contributed by atoms with Crippen LogP contribution < -0.4 is 20.3 Å². The van der Waals surface area contributed by atoms with Crippen LogP contribution in [-0.2, 0) is 11.4 Å². The Kier molecular flexibility index (Phi) is 8.96. The van der Waals surface area contributed by atoms with Crippen LogP contribution in [0.25, 0.3) is 10.9 Å². The highest BCUT2D eigenvalue weighted by Gasteiger charge is 2.15. The molecule has 0 saturated heterocycles. The lowest BCUT2D eigenvalue weighted by Crippen LogP contribution is -2.29. The van der Waals surface area contributed by atoms with Crippen LogP contribution in [0.3, 0.4) is 0 Å². The number of carbonyl (C=O) groups excluding carboxylic acids is 1. The van der Waals surface area contributed by atoms with Crippen molar-refractivity contribution in [1.82, 2.24) is 14.9 Å². The van der Waals surface area contributed by atoms with Crippen LogP contribution >= 0.6 is 11.6 Å². The second-order valence-corrected chi connectivity index (χ2v) is 9.62. The lowest BCUT2D eigenvalue weighted by Gasteiger charge is -2.25. The summed E-state index contributed by atoms with van der Waals surface area (Å²) in [4.78, 5) is 25.3. The molecule has 0 unspecified atom stereocenters. The van der Waals surface area contributed by atoms with Crippen molar-refractivity contribution in [2.45, 2.75) is 6.61 Å². The van der Waals surface area contributed by atoms with E-state index in [2.05, 4.69) is 37.0 Å². The van der Waals surface area contributed by atoms with E-state index in [0.717, 1.165) is 18.8 Å². The first-order valence-corrected chi connectivity index (χ1v) is 12.6. The molecule has 1 amide bonds. The number of hydrogen-bond donors (Lipinski definition) is 2. The Morgan fingerprint density at radius 1 is 1.10 bits per heavy atom. The summed E-state index contributed by atoms with van der Waals surface area (Å²) in [5.74, 6) is 0.377. The number of halogens is 2. The fraction of sp³-hybridized carbons (Fsp3) is 0.207. The zero-order chi connectivity index (χ0) is 27.9. The highest BCUT2D eigenvalue weighted by atomic mass is 35.5. The first kappa shape index (κ1) is 27.8. The second-order valence-electron chi connectivity index (χ2n) is 9.22. The largest absolute Gasteiger partial charge is 0.487 e. The smallest absolute Gasteiger partial charge is 0.247 e. The van der Waals surface area contributed by atoms with Crippen molar-refractivity contribution in [2.75, 3.05) is 49.8 Å². The molecule has 0 atom stereocenters. The van der Waals surface area contributed by atoms with E-state index in [-0.39, 0.29) is 18.3 Å². The van der Waals surface area contributed by atoms with Crippen LogP contribution in [-0.4, -0.2) is 55.0 Å². The lowest BCUT2D eigenvalue weighted by atomic mass is 10.1. The maximum atomic E-state index is 13.4. The maximum absolute atomic E-state index is 13.4. The van der Waals surface area contributed by atoms with Crippen molar-refractivity contribution in [3.8, 4) is 5.75 Å². The third-order valence-corrected chi connectivity index (χ3v) is 6.26. The molecule has 0 aliphatic rings. The van der Waals surface area contributed by atoms with Gasteiger partial charge in [-0.3, -0.25) is 4.79 Å². The van der Waals surface area contributed by atoms with Gasteiger partial charge in [0.2, 0.25) is 5.91 Å². The molecule has 0 radical (unpaired) electrons. The standard InChI is InChI=1S/C29H30ClFN6O2/c1-5-28(38)35-25-15-22-24(16-26(25)37(4)12-11-36(2)3)32-18-33-29(22)34-21-9-10-27(23(30)14-21)39-17-19-7-6-8-20(31)13-19/h5-10,13-16,18H,1,11-12,17H2,2-4H3,(H,35,38)(H,32,33,34). The lowest BCUT2D eigenvalue weighted by molar-refractivity contribution is -0.111. The number of ether oxygens (including phenoxy) is 1. The number of hydrogen-bond acceptors (Lipinski definition) is 7. The van der Waals surface area contributed by atoms with Crippen molar-refractivity contribution in [3.05, 3.63) is 90.0 Å². The van der Waals surface area contributed by atoms with Crippen LogP contribution in [0.1, 0.15) is 5.56 Å². The molecule has 0 spiro atoms. The number of nitrogens with one attached hydrogen (secondary N) is 2. The summed E-state index contributed by atoms with van der Waals surface area (Å²) in [6.45, 7) is 5.34. The maximum Gasteiger partial charge on any atom is 0.247 e. The van der Waals surface area contributed by atoms with Crippen LogP contribution in [0.5, 0.6) is 5.75 Å². The van der Waals surface area contributed by atoms with E-state index in [1.165, 1.54) is 24.5 Å². The van der Waals surface area contributed by atoms with Gasteiger partial charge in [-0.2, -0.15) is 0 Å². The van der Waals surface area contributed by atoms with Gasteiger partial charge in [0.1, 0.15) is 30.3 Å². The van der Waals surface area contributed by atoms with Crippen LogP contribution in [0, 0.1) is 5.82 Å². The molecule has 2 N–H and O–H groups in total. The van der Waals surface area contributed by atoms with Crippen molar-refractivity contribution < 1.29 is 13.9 Å². The first-order chi connectivity index (χ1) is 18.7. The molecule has 39 heavy (non-hydrogen) atoms. The molecular formula is C29H30ClFN6O2. The van der Waals surface area contributed by atoms with Crippen LogP contribution in [0.2, 0.25) is 5.02 Å². The average molecular weight is 549 g/mol. The third kappa shape index (κ3) is 7.22. The summed E-state index contributed by atoms with van der Waals surface area (Å²) in [6.07, 6.45) is 2.71. The van der Waals surface area contributed by atoms with E-state index in [1.807, 2.05) is 39.3 Å². The van der Waals surface area contributed by atoms with E-state index in [1.54, 1.807) is 24.3 Å². The Morgan fingerprint density at radius 3 is 2.64 bits per heavy atom. The number of aromatic nitrogens is 2. The van der Waals surface area contributed by atoms with Crippen molar-refractivity contribution in [2.24, 2.45) is 0 Å². The summed E-state index contributed by atoms with van der Waals surface area (Å²) in [5, 5.41) is 7.29. The molecular weight excluding hydrogens is 519 g/mol. The zero-order valence-electron chi connectivity index (χ0n) is 22.0. The predicted octanol–water partition coefficient (Wildman–Crippen LogP) is 5.87. The number of likely N-dealkylation sites (N-methyl/N-ethyl adjacent to an activating group) is 2. The van der Waals surface area contributed by atoms with E-state index in [0.29, 0.717) is 44.4 Å². The fourth-order valence-electron chi connectivity index (χ4n) is 3.88. The van der Waals surface area contributed by atoms with Crippen LogP contribution in [0.4, 0.5) is 27.3 Å². The quantitative estimate of drug-likeness (QED) is 0.227. The van der Waals surface area contributed by atoms with E-state index >= 15 is 0 Å². The Labute approximate surface area is 232 Å². The fourth-order valence-corrected chi connectivity index (χ4v) is 4.12. The molecule has 0 aliphatic heterocycles. The minimum atomic E-state index is -0.321. The molecule has 0 fully saturated rings. The molecule has 1 aromatic heterocycles. The molecule has 1 heterocycles. The molecule has 0 bridgehead atoms. The first-order valence-electron chi connectivity index (χ1n) is 12.3. The summed E-state index contributed by atoms with van der Waals surface area (Å²) in [7, 11) is 5.98. The van der Waals surface area contributed by atoms with Gasteiger partial charge in [-0.1, -0.05) is 30.3 Å². The number of rotatable bonds is 11. The highest BCUT2D eigenvalue weighted by molar-refractivity contribution is 6.32. The number of amides is 1. The Hall–Kier alpha value is -4.21. The number of nitrogens with zero attached hydrogens (tertiary/aromatic N) is 4. The molecule has 0 saturated carbocycles. The number of carbonyl (C=O) groups is 1. The summed E-state index contributed by atoms with van der Waals surface area (Å²) in [6, 6.07) is 15.3. The highest BCUT2D eigenvalue weighted by Crippen LogP contribution is 2.35. The van der Waals surface area contributed by atoms with E-state index in [9.17, 15) is 9.18 Å². The molecule has 10 heteroatoms. The Bertz CT molecular complexity index is 1500. The van der Waals surface area contributed by atoms with Crippen molar-refractivity contribution >= 4 is 51.3 Å². The van der Waals surface area contributed by atoms with Gasteiger partial charge in [-0.15, -0.1) is 0 Å². The predicted molar refractivity (Wildman–Crippen MR) is 156 cm³/mol. The second kappa shape index (κ2) is 12.6. The molecule has 202 valence electrons. The van der Waals surface area contributed by atoms with Crippen molar-refractivity contribution in [1.29, 1.82) is 0 Å².